The second-order valence-corrected chi connectivity index (χ2v) is 5.54. The van der Waals surface area contributed by atoms with Crippen LogP contribution in [-0.4, -0.2) is 38.6 Å². The van der Waals surface area contributed by atoms with Gasteiger partial charge in [0.05, 0.1) is 37.6 Å². The molecular formula is C16H19NO4. The molecular weight excluding hydrogens is 270 g/mol. The van der Waals surface area contributed by atoms with Crippen molar-refractivity contribution in [1.29, 1.82) is 5.26 Å². The molecule has 0 aromatic heterocycles. The van der Waals surface area contributed by atoms with Crippen LogP contribution in [0.3, 0.4) is 0 Å². The summed E-state index contributed by atoms with van der Waals surface area (Å²) in [5.74, 6) is 1.27. The van der Waals surface area contributed by atoms with Gasteiger partial charge in [-0.1, -0.05) is 0 Å². The molecule has 3 rings (SSSR count). The highest BCUT2D eigenvalue weighted by Gasteiger charge is 2.42. The molecule has 112 valence electrons. The molecule has 5 heteroatoms. The van der Waals surface area contributed by atoms with E-state index < -0.39 is 0 Å². The van der Waals surface area contributed by atoms with Crippen molar-refractivity contribution in [3.05, 3.63) is 23.8 Å². The number of rotatable bonds is 3. The molecule has 1 aromatic carbocycles. The highest BCUT2D eigenvalue weighted by atomic mass is 16.6. The molecule has 1 spiro atoms. The van der Waals surface area contributed by atoms with Gasteiger partial charge in [-0.15, -0.1) is 0 Å². The van der Waals surface area contributed by atoms with Gasteiger partial charge in [0, 0.05) is 31.9 Å². The third-order valence-electron chi connectivity index (χ3n) is 4.10. The molecule has 5 nitrogen and oxygen atoms in total. The molecule has 1 aromatic rings. The number of ether oxygens (including phenoxy) is 4. The maximum Gasteiger partial charge on any atom is 0.162 e. The van der Waals surface area contributed by atoms with Crippen molar-refractivity contribution in [2.24, 2.45) is 0 Å². The van der Waals surface area contributed by atoms with E-state index in [9.17, 15) is 0 Å². The topological polar surface area (TPSA) is 60.7 Å². The number of benzene rings is 1. The zero-order valence-corrected chi connectivity index (χ0v) is 12.1. The minimum atomic E-state index is -0.178. The first-order valence-corrected chi connectivity index (χ1v) is 7.21. The van der Waals surface area contributed by atoms with Gasteiger partial charge in [-0.25, -0.2) is 0 Å². The highest BCUT2D eigenvalue weighted by molar-refractivity contribution is 5.46. The van der Waals surface area contributed by atoms with Crippen molar-refractivity contribution < 1.29 is 18.9 Å². The summed E-state index contributed by atoms with van der Waals surface area (Å²) in [7, 11) is 1.58. The third kappa shape index (κ3) is 2.97. The van der Waals surface area contributed by atoms with E-state index in [-0.39, 0.29) is 11.7 Å². The molecule has 2 unspecified atom stereocenters. The Morgan fingerprint density at radius 3 is 2.95 bits per heavy atom. The molecule has 0 saturated carbocycles. The fourth-order valence-electron chi connectivity index (χ4n) is 2.96. The number of nitriles is 1. The molecule has 2 heterocycles. The van der Waals surface area contributed by atoms with Crippen molar-refractivity contribution in [1.82, 2.24) is 0 Å². The second-order valence-electron chi connectivity index (χ2n) is 5.54. The number of hydrogen-bond acceptors (Lipinski definition) is 5. The molecule has 2 atom stereocenters. The van der Waals surface area contributed by atoms with Crippen LogP contribution in [0.2, 0.25) is 0 Å². The monoisotopic (exact) mass is 289 g/mol. The lowest BCUT2D eigenvalue weighted by molar-refractivity contribution is -0.112. The Balaban J connectivity index is 1.73. The Bertz CT molecular complexity index is 546. The first-order valence-electron chi connectivity index (χ1n) is 7.21. The van der Waals surface area contributed by atoms with Crippen LogP contribution >= 0.6 is 0 Å². The van der Waals surface area contributed by atoms with Crippen LogP contribution in [0.5, 0.6) is 11.5 Å². The number of hydrogen-bond donors (Lipinski definition) is 0. The predicted octanol–water partition coefficient (Wildman–Crippen LogP) is 2.28. The third-order valence-corrected chi connectivity index (χ3v) is 4.10. The quantitative estimate of drug-likeness (QED) is 0.854. The average molecular weight is 289 g/mol. The largest absolute Gasteiger partial charge is 0.493 e. The van der Waals surface area contributed by atoms with Gasteiger partial charge in [0.1, 0.15) is 6.10 Å². The van der Waals surface area contributed by atoms with E-state index in [0.29, 0.717) is 30.3 Å². The van der Waals surface area contributed by atoms with Gasteiger partial charge >= 0.3 is 0 Å². The lowest BCUT2D eigenvalue weighted by Crippen LogP contribution is -2.44. The summed E-state index contributed by atoms with van der Waals surface area (Å²) >= 11 is 0. The molecule has 2 fully saturated rings. The van der Waals surface area contributed by atoms with Crippen LogP contribution in [0.4, 0.5) is 0 Å². The van der Waals surface area contributed by atoms with E-state index in [0.717, 1.165) is 25.9 Å². The first-order chi connectivity index (χ1) is 10.2. The van der Waals surface area contributed by atoms with Crippen molar-refractivity contribution in [3.8, 4) is 17.6 Å². The van der Waals surface area contributed by atoms with E-state index in [1.165, 1.54) is 0 Å². The summed E-state index contributed by atoms with van der Waals surface area (Å²) in [5.41, 5.74) is 0.384. The SMILES string of the molecule is COc1cc(C#N)ccc1OC1CCOC2(CCOC2)C1. The maximum atomic E-state index is 8.93. The summed E-state index contributed by atoms with van der Waals surface area (Å²) in [6, 6.07) is 7.34. The molecule has 0 aliphatic carbocycles. The fraction of sp³-hybridized carbons (Fsp3) is 0.562. The highest BCUT2D eigenvalue weighted by Crippen LogP contribution is 2.36. The molecule has 2 aliphatic heterocycles. The lowest BCUT2D eigenvalue weighted by Gasteiger charge is -2.37. The Labute approximate surface area is 124 Å². The van der Waals surface area contributed by atoms with Gasteiger partial charge in [-0.05, 0) is 12.1 Å². The smallest absolute Gasteiger partial charge is 0.162 e. The molecule has 2 aliphatic rings. The second kappa shape index (κ2) is 5.92. The molecule has 21 heavy (non-hydrogen) atoms. The van der Waals surface area contributed by atoms with E-state index in [4.69, 9.17) is 24.2 Å². The molecule has 0 N–H and O–H groups in total. The molecule has 0 radical (unpaired) electrons. The van der Waals surface area contributed by atoms with Crippen LogP contribution in [0.1, 0.15) is 24.8 Å². The fourth-order valence-corrected chi connectivity index (χ4v) is 2.96. The van der Waals surface area contributed by atoms with Gasteiger partial charge in [-0.2, -0.15) is 5.26 Å². The van der Waals surface area contributed by atoms with Crippen LogP contribution in [-0.2, 0) is 9.47 Å². The van der Waals surface area contributed by atoms with Crippen molar-refractivity contribution in [2.45, 2.75) is 31.0 Å². The maximum absolute atomic E-state index is 8.93. The van der Waals surface area contributed by atoms with Crippen LogP contribution in [0, 0.1) is 11.3 Å². The van der Waals surface area contributed by atoms with Crippen molar-refractivity contribution in [3.63, 3.8) is 0 Å². The molecule has 0 bridgehead atoms. The minimum Gasteiger partial charge on any atom is -0.493 e. The first kappa shape index (κ1) is 14.2. The normalized spacial score (nSPS) is 28.3. The summed E-state index contributed by atoms with van der Waals surface area (Å²) in [4.78, 5) is 0. The predicted molar refractivity (Wildman–Crippen MR) is 75.5 cm³/mol. The zero-order chi connectivity index (χ0) is 14.7. The summed E-state index contributed by atoms with van der Waals surface area (Å²) < 4.78 is 22.8. The standard InChI is InChI=1S/C16H19NO4/c1-18-15-8-12(10-17)2-3-14(15)21-13-4-6-20-16(9-13)5-7-19-11-16/h2-3,8,13H,4-7,9,11H2,1H3. The lowest BCUT2D eigenvalue weighted by atomic mass is 9.91. The van der Waals surface area contributed by atoms with Gasteiger partial charge in [-0.3, -0.25) is 0 Å². The van der Waals surface area contributed by atoms with Gasteiger partial charge in [0.2, 0.25) is 0 Å². The van der Waals surface area contributed by atoms with Gasteiger partial charge in [0.15, 0.2) is 11.5 Å². The van der Waals surface area contributed by atoms with Gasteiger partial charge < -0.3 is 18.9 Å². The van der Waals surface area contributed by atoms with E-state index in [1.807, 2.05) is 0 Å². The molecule has 0 amide bonds. The average Bonchev–Trinajstić information content (AvgIpc) is 2.95. The summed E-state index contributed by atoms with van der Waals surface area (Å²) in [5, 5.41) is 8.93. The van der Waals surface area contributed by atoms with E-state index in [2.05, 4.69) is 6.07 Å². The Hall–Kier alpha value is -1.77. The van der Waals surface area contributed by atoms with E-state index >= 15 is 0 Å². The minimum absolute atomic E-state index is 0.0854. The zero-order valence-electron chi connectivity index (χ0n) is 12.1. The van der Waals surface area contributed by atoms with Crippen LogP contribution in [0.15, 0.2) is 18.2 Å². The summed E-state index contributed by atoms with van der Waals surface area (Å²) in [6.45, 7) is 2.09. The van der Waals surface area contributed by atoms with Crippen LogP contribution < -0.4 is 9.47 Å². The van der Waals surface area contributed by atoms with Crippen molar-refractivity contribution in [2.75, 3.05) is 26.9 Å². The van der Waals surface area contributed by atoms with Crippen LogP contribution in [0.25, 0.3) is 0 Å². The van der Waals surface area contributed by atoms with Crippen molar-refractivity contribution >= 4 is 0 Å². The Kier molecular flexibility index (Phi) is 4.00. The number of nitrogens with zero attached hydrogens (tertiary/aromatic N) is 1. The Morgan fingerprint density at radius 1 is 1.33 bits per heavy atom. The van der Waals surface area contributed by atoms with Gasteiger partial charge in [0.25, 0.3) is 0 Å². The van der Waals surface area contributed by atoms with E-state index in [1.54, 1.807) is 25.3 Å². The molecule has 2 saturated heterocycles. The number of methoxy groups -OCH3 is 1. The summed E-state index contributed by atoms with van der Waals surface area (Å²) in [6.07, 6.45) is 2.69. The Morgan fingerprint density at radius 2 is 2.24 bits per heavy atom.